The molecule has 1 aromatic carbocycles. The Hall–Kier alpha value is -2.74. The summed E-state index contributed by atoms with van der Waals surface area (Å²) in [4.78, 5) is 8.26. The van der Waals surface area contributed by atoms with Crippen molar-refractivity contribution < 1.29 is 8.42 Å². The van der Waals surface area contributed by atoms with Gasteiger partial charge in [0.2, 0.25) is 0 Å². The summed E-state index contributed by atoms with van der Waals surface area (Å²) < 4.78 is 29.1. The van der Waals surface area contributed by atoms with Gasteiger partial charge in [0.25, 0.3) is 10.0 Å². The van der Waals surface area contributed by atoms with Crippen LogP contribution in [-0.2, 0) is 10.0 Å². The van der Waals surface area contributed by atoms with E-state index in [4.69, 9.17) is 0 Å². The minimum atomic E-state index is -3.72. The van der Waals surface area contributed by atoms with Gasteiger partial charge in [-0.2, -0.15) is 5.10 Å². The molecule has 0 aliphatic heterocycles. The lowest BCUT2D eigenvalue weighted by Crippen LogP contribution is -2.15. The molecule has 0 fully saturated rings. The molecule has 0 spiro atoms. The molecule has 0 saturated carbocycles. The smallest absolute Gasteiger partial charge is 0.263 e. The fraction of sp³-hybridized carbons (Fsp3) is 0.133. The van der Waals surface area contributed by atoms with Crippen molar-refractivity contribution >= 4 is 15.8 Å². The molecule has 0 bridgehead atoms. The van der Waals surface area contributed by atoms with Crippen LogP contribution in [-0.4, -0.2) is 28.2 Å². The molecule has 0 unspecified atom stereocenters. The van der Waals surface area contributed by atoms with Crippen molar-refractivity contribution in [3.63, 3.8) is 0 Å². The van der Waals surface area contributed by atoms with Crippen LogP contribution >= 0.6 is 0 Å². The summed E-state index contributed by atoms with van der Waals surface area (Å²) in [5.41, 5.74) is 1.68. The monoisotopic (exact) mass is 329 g/mol. The Bertz CT molecular complexity index is 936. The van der Waals surface area contributed by atoms with Gasteiger partial charge >= 0.3 is 0 Å². The van der Waals surface area contributed by atoms with E-state index < -0.39 is 10.0 Å². The lowest BCUT2D eigenvalue weighted by molar-refractivity contribution is 0.600. The molecule has 0 atom stereocenters. The molecule has 2 aromatic heterocycles. The second-order valence-electron chi connectivity index (χ2n) is 5.09. The average Bonchev–Trinajstić information content (AvgIpc) is 3.00. The van der Waals surface area contributed by atoms with E-state index in [1.165, 1.54) is 17.1 Å². The van der Waals surface area contributed by atoms with Crippen LogP contribution in [0.5, 0.6) is 0 Å². The lowest BCUT2D eigenvalue weighted by atomic mass is 10.2. The Morgan fingerprint density at radius 3 is 2.65 bits per heavy atom. The number of nitrogens with zero attached hydrogens (tertiary/aromatic N) is 4. The normalized spacial score (nSPS) is 11.4. The van der Waals surface area contributed by atoms with Gasteiger partial charge in [-0.05, 0) is 31.5 Å². The summed E-state index contributed by atoms with van der Waals surface area (Å²) in [6, 6.07) is 8.44. The van der Waals surface area contributed by atoms with Crippen LogP contribution in [0.1, 0.15) is 11.1 Å². The SMILES string of the molecule is Cc1ccc(S(=O)(=O)Nc2cc(-n3cccn3)ncn2)c(C)c1. The molecule has 118 valence electrons. The highest BCUT2D eigenvalue weighted by molar-refractivity contribution is 7.92. The minimum absolute atomic E-state index is 0.186. The van der Waals surface area contributed by atoms with E-state index in [-0.39, 0.29) is 10.7 Å². The number of benzene rings is 1. The van der Waals surface area contributed by atoms with Crippen molar-refractivity contribution in [2.75, 3.05) is 4.72 Å². The zero-order chi connectivity index (χ0) is 16.4. The molecule has 0 saturated heterocycles. The molecular weight excluding hydrogens is 314 g/mol. The number of hydrogen-bond acceptors (Lipinski definition) is 5. The van der Waals surface area contributed by atoms with Crippen LogP contribution in [0.3, 0.4) is 0 Å². The molecule has 0 radical (unpaired) electrons. The zero-order valence-electron chi connectivity index (χ0n) is 12.6. The molecule has 3 aromatic rings. The Morgan fingerprint density at radius 1 is 1.13 bits per heavy atom. The predicted octanol–water partition coefficient (Wildman–Crippen LogP) is 2.08. The first-order valence-electron chi connectivity index (χ1n) is 6.88. The molecular formula is C15H15N5O2S. The first-order valence-corrected chi connectivity index (χ1v) is 8.36. The van der Waals surface area contributed by atoms with Gasteiger partial charge in [-0.15, -0.1) is 0 Å². The summed E-state index contributed by atoms with van der Waals surface area (Å²) in [6.45, 7) is 3.67. The van der Waals surface area contributed by atoms with Gasteiger partial charge in [0.05, 0.1) is 4.90 Å². The van der Waals surface area contributed by atoms with Crippen molar-refractivity contribution in [2.45, 2.75) is 18.7 Å². The summed E-state index contributed by atoms with van der Waals surface area (Å²) in [6.07, 6.45) is 4.61. The van der Waals surface area contributed by atoms with Crippen molar-refractivity contribution in [3.8, 4) is 5.82 Å². The third-order valence-electron chi connectivity index (χ3n) is 3.25. The number of hydrogen-bond donors (Lipinski definition) is 1. The minimum Gasteiger partial charge on any atom is -0.263 e. The topological polar surface area (TPSA) is 89.8 Å². The van der Waals surface area contributed by atoms with Crippen LogP contribution in [0.15, 0.2) is 53.9 Å². The van der Waals surface area contributed by atoms with E-state index in [0.717, 1.165) is 5.56 Å². The number of aryl methyl sites for hydroxylation is 2. The van der Waals surface area contributed by atoms with Crippen molar-refractivity contribution in [1.82, 2.24) is 19.7 Å². The second kappa shape index (κ2) is 5.81. The van der Waals surface area contributed by atoms with E-state index in [0.29, 0.717) is 11.4 Å². The van der Waals surface area contributed by atoms with Gasteiger partial charge in [-0.1, -0.05) is 17.7 Å². The van der Waals surface area contributed by atoms with Gasteiger partial charge in [-0.3, -0.25) is 4.72 Å². The summed E-state index contributed by atoms with van der Waals surface area (Å²) >= 11 is 0. The maximum atomic E-state index is 12.5. The third kappa shape index (κ3) is 3.21. The van der Waals surface area contributed by atoms with Gasteiger partial charge in [0.1, 0.15) is 12.1 Å². The van der Waals surface area contributed by atoms with Gasteiger partial charge in [-0.25, -0.2) is 23.1 Å². The summed E-state index contributed by atoms with van der Waals surface area (Å²) in [5.74, 6) is 0.661. The van der Waals surface area contributed by atoms with Crippen LogP contribution in [0.25, 0.3) is 5.82 Å². The van der Waals surface area contributed by atoms with E-state index >= 15 is 0 Å². The molecule has 3 rings (SSSR count). The van der Waals surface area contributed by atoms with E-state index in [1.807, 2.05) is 13.0 Å². The number of rotatable bonds is 4. The Balaban J connectivity index is 1.93. The summed E-state index contributed by atoms with van der Waals surface area (Å²) in [5, 5.41) is 4.06. The highest BCUT2D eigenvalue weighted by atomic mass is 32.2. The lowest BCUT2D eigenvalue weighted by Gasteiger charge is -2.11. The number of anilines is 1. The third-order valence-corrected chi connectivity index (χ3v) is 4.77. The number of aromatic nitrogens is 4. The first kappa shape index (κ1) is 15.2. The fourth-order valence-electron chi connectivity index (χ4n) is 2.23. The van der Waals surface area contributed by atoms with E-state index in [2.05, 4.69) is 19.8 Å². The number of sulfonamides is 1. The van der Waals surface area contributed by atoms with Gasteiger partial charge in [0, 0.05) is 18.5 Å². The molecule has 0 amide bonds. The Morgan fingerprint density at radius 2 is 1.96 bits per heavy atom. The predicted molar refractivity (Wildman–Crippen MR) is 85.9 cm³/mol. The highest BCUT2D eigenvalue weighted by Gasteiger charge is 2.18. The van der Waals surface area contributed by atoms with Crippen LogP contribution < -0.4 is 4.72 Å². The molecule has 2 heterocycles. The second-order valence-corrected chi connectivity index (χ2v) is 6.74. The van der Waals surface area contributed by atoms with Gasteiger partial charge < -0.3 is 0 Å². The largest absolute Gasteiger partial charge is 0.263 e. The van der Waals surface area contributed by atoms with Crippen LogP contribution in [0.2, 0.25) is 0 Å². The van der Waals surface area contributed by atoms with Crippen molar-refractivity contribution in [1.29, 1.82) is 0 Å². The summed E-state index contributed by atoms with van der Waals surface area (Å²) in [7, 11) is -3.72. The fourth-order valence-corrected chi connectivity index (χ4v) is 3.45. The van der Waals surface area contributed by atoms with Crippen LogP contribution in [0.4, 0.5) is 5.82 Å². The maximum Gasteiger partial charge on any atom is 0.263 e. The van der Waals surface area contributed by atoms with Crippen LogP contribution in [0, 0.1) is 13.8 Å². The quantitative estimate of drug-likeness (QED) is 0.791. The first-order chi connectivity index (χ1) is 11.0. The van der Waals surface area contributed by atoms with Gasteiger partial charge in [0.15, 0.2) is 5.82 Å². The highest BCUT2D eigenvalue weighted by Crippen LogP contribution is 2.19. The average molecular weight is 329 g/mol. The van der Waals surface area contributed by atoms with E-state index in [1.54, 1.807) is 37.5 Å². The molecule has 0 aliphatic carbocycles. The Labute approximate surface area is 134 Å². The molecule has 8 heteroatoms. The van der Waals surface area contributed by atoms with E-state index in [9.17, 15) is 8.42 Å². The molecule has 1 N–H and O–H groups in total. The number of nitrogens with one attached hydrogen (secondary N) is 1. The molecule has 0 aliphatic rings. The van der Waals surface area contributed by atoms with Crippen molar-refractivity contribution in [2.24, 2.45) is 0 Å². The standard InChI is InChI=1S/C15H15N5O2S/c1-11-4-5-13(12(2)8-11)23(21,22)19-14-9-15(17-10-16-14)20-7-3-6-18-20/h3-10H,1-2H3,(H,16,17,19). The molecule has 7 nitrogen and oxygen atoms in total. The zero-order valence-corrected chi connectivity index (χ0v) is 13.4. The molecule has 23 heavy (non-hydrogen) atoms. The van der Waals surface area contributed by atoms with Crippen molar-refractivity contribution in [3.05, 3.63) is 60.2 Å². The maximum absolute atomic E-state index is 12.5. The Kier molecular flexibility index (Phi) is 3.83.